The van der Waals surface area contributed by atoms with Crippen LogP contribution in [0.1, 0.15) is 0 Å². The van der Waals surface area contributed by atoms with Crippen molar-refractivity contribution in [3.05, 3.63) is 0 Å². The molecule has 0 aromatic heterocycles. The summed E-state index contributed by atoms with van der Waals surface area (Å²) in [6.07, 6.45) is -6.96. The SMILES string of the molecule is FC(F)(F)C(F)(F)C(F)(F)C(F)(Cl)C(F)(F)Br. The topological polar surface area (TPSA) is 0 Å². The highest BCUT2D eigenvalue weighted by molar-refractivity contribution is 9.10. The second-order valence-corrected chi connectivity index (χ2v) is 4.24. The van der Waals surface area contributed by atoms with Crippen LogP contribution in [0.5, 0.6) is 0 Å². The van der Waals surface area contributed by atoms with E-state index in [1.807, 2.05) is 0 Å². The summed E-state index contributed by atoms with van der Waals surface area (Å²) >= 11 is 4.68. The van der Waals surface area contributed by atoms with Crippen molar-refractivity contribution < 1.29 is 43.9 Å². The Kier molecular flexibility index (Phi) is 4.05. The maximum atomic E-state index is 12.6. The molecule has 0 aliphatic rings. The van der Waals surface area contributed by atoms with Crippen LogP contribution in [0.2, 0.25) is 0 Å². The first-order valence-corrected chi connectivity index (χ1v) is 4.44. The van der Waals surface area contributed by atoms with Gasteiger partial charge in [-0.15, -0.1) is 0 Å². The van der Waals surface area contributed by atoms with Gasteiger partial charge in [0.2, 0.25) is 0 Å². The zero-order valence-electron chi connectivity index (χ0n) is 7.04. The molecule has 0 amide bonds. The smallest absolute Gasteiger partial charge is 0.211 e. The highest BCUT2D eigenvalue weighted by Gasteiger charge is 2.85. The maximum absolute atomic E-state index is 12.6. The summed E-state index contributed by atoms with van der Waals surface area (Å²) < 4.78 is 121. The zero-order valence-corrected chi connectivity index (χ0v) is 9.38. The first kappa shape index (κ1) is 17.1. The van der Waals surface area contributed by atoms with Gasteiger partial charge in [-0.25, -0.2) is 4.39 Å². The normalized spacial score (nSPS) is 19.1. The van der Waals surface area contributed by atoms with Crippen molar-refractivity contribution in [3.8, 4) is 0 Å². The molecule has 0 aliphatic carbocycles. The van der Waals surface area contributed by atoms with Gasteiger partial charge in [0.1, 0.15) is 0 Å². The van der Waals surface area contributed by atoms with Crippen LogP contribution in [-0.4, -0.2) is 28.0 Å². The van der Waals surface area contributed by atoms with Crippen molar-refractivity contribution in [2.75, 3.05) is 0 Å². The van der Waals surface area contributed by atoms with E-state index in [0.717, 1.165) is 15.9 Å². The van der Waals surface area contributed by atoms with E-state index in [0.29, 0.717) is 0 Å². The fourth-order valence-corrected chi connectivity index (χ4v) is 0.921. The van der Waals surface area contributed by atoms with E-state index in [1.54, 1.807) is 0 Å². The second-order valence-electron chi connectivity index (χ2n) is 2.72. The molecule has 0 N–H and O–H groups in total. The predicted octanol–water partition coefficient (Wildman–Crippen LogP) is 4.71. The van der Waals surface area contributed by atoms with Gasteiger partial charge in [-0.1, -0.05) is 11.6 Å². The lowest BCUT2D eigenvalue weighted by Gasteiger charge is -2.36. The predicted molar refractivity (Wildman–Crippen MR) is 39.5 cm³/mol. The van der Waals surface area contributed by atoms with Gasteiger partial charge in [-0.2, -0.15) is 39.5 Å². The van der Waals surface area contributed by atoms with Crippen LogP contribution < -0.4 is 0 Å². The molecule has 0 fully saturated rings. The molecule has 1 atom stereocenters. The Morgan fingerprint density at radius 2 is 0.941 bits per heavy atom. The van der Waals surface area contributed by atoms with E-state index in [-0.39, 0.29) is 0 Å². The lowest BCUT2D eigenvalue weighted by molar-refractivity contribution is -0.379. The van der Waals surface area contributed by atoms with Crippen molar-refractivity contribution in [2.24, 2.45) is 0 Å². The molecule has 0 aromatic rings. The molecule has 0 radical (unpaired) electrons. The quantitative estimate of drug-likeness (QED) is 0.502. The molecule has 0 bridgehead atoms. The molecule has 0 aliphatic heterocycles. The van der Waals surface area contributed by atoms with Crippen LogP contribution in [-0.2, 0) is 0 Å². The summed E-state index contributed by atoms with van der Waals surface area (Å²) in [6.45, 7) is 0. The average Bonchev–Trinajstić information content (AvgIpc) is 1.98. The minimum atomic E-state index is -7.08. The van der Waals surface area contributed by atoms with E-state index < -0.39 is 28.0 Å². The van der Waals surface area contributed by atoms with Crippen LogP contribution in [0.25, 0.3) is 0 Å². The van der Waals surface area contributed by atoms with Gasteiger partial charge in [0.15, 0.2) is 0 Å². The summed E-state index contributed by atoms with van der Waals surface area (Å²) in [6, 6.07) is 0. The van der Waals surface area contributed by atoms with Gasteiger partial charge in [0.25, 0.3) is 0 Å². The third-order valence-corrected chi connectivity index (χ3v) is 2.75. The van der Waals surface area contributed by atoms with Crippen LogP contribution in [0.15, 0.2) is 0 Å². The standard InChI is InChI=1S/C5BrClF10/c6-4(13,14)1(7,8)2(9,10)3(11,12)5(15,16)17. The second kappa shape index (κ2) is 4.04. The molecule has 0 saturated heterocycles. The third kappa shape index (κ3) is 2.45. The molecule has 0 spiro atoms. The minimum absolute atomic E-state index is 0.874. The summed E-state index contributed by atoms with van der Waals surface area (Å²) in [5, 5.41) is -5.97. The summed E-state index contributed by atoms with van der Waals surface area (Å²) in [5.74, 6) is -14.0. The van der Waals surface area contributed by atoms with Crippen molar-refractivity contribution in [1.29, 1.82) is 0 Å². The number of hydrogen-bond donors (Lipinski definition) is 0. The summed E-state index contributed by atoms with van der Waals surface area (Å²) in [5.41, 5.74) is 0. The minimum Gasteiger partial charge on any atom is -0.211 e. The van der Waals surface area contributed by atoms with E-state index in [9.17, 15) is 43.9 Å². The molecule has 0 saturated carbocycles. The van der Waals surface area contributed by atoms with Crippen molar-refractivity contribution in [1.82, 2.24) is 0 Å². The fraction of sp³-hybridized carbons (Fsp3) is 1.00. The summed E-state index contributed by atoms with van der Waals surface area (Å²) in [4.78, 5) is -5.51. The van der Waals surface area contributed by atoms with Crippen molar-refractivity contribution >= 4 is 27.5 Å². The number of hydrogen-bond acceptors (Lipinski definition) is 0. The Morgan fingerprint density at radius 3 is 1.12 bits per heavy atom. The Labute approximate surface area is 100 Å². The van der Waals surface area contributed by atoms with E-state index in [1.165, 1.54) is 0 Å². The monoisotopic (exact) mass is 364 g/mol. The molecule has 0 aromatic carbocycles. The van der Waals surface area contributed by atoms with Crippen LogP contribution in [0, 0.1) is 0 Å². The summed E-state index contributed by atoms with van der Waals surface area (Å²) in [7, 11) is 0. The Balaban J connectivity index is 5.73. The molecule has 17 heavy (non-hydrogen) atoms. The first-order valence-electron chi connectivity index (χ1n) is 3.27. The van der Waals surface area contributed by atoms with Gasteiger partial charge in [0, 0.05) is 0 Å². The number of alkyl halides is 12. The van der Waals surface area contributed by atoms with Gasteiger partial charge >= 0.3 is 28.0 Å². The number of halogens is 12. The maximum Gasteiger partial charge on any atom is 0.460 e. The highest BCUT2D eigenvalue weighted by Crippen LogP contribution is 2.59. The van der Waals surface area contributed by atoms with Crippen LogP contribution in [0.3, 0.4) is 0 Å². The van der Waals surface area contributed by atoms with Crippen LogP contribution in [0.4, 0.5) is 43.9 Å². The van der Waals surface area contributed by atoms with Gasteiger partial charge in [0.05, 0.1) is 0 Å². The Bertz CT molecular complexity index is 260. The van der Waals surface area contributed by atoms with E-state index in [2.05, 4.69) is 11.6 Å². The molecular weight excluding hydrogens is 365 g/mol. The molecule has 12 heteroatoms. The zero-order chi connectivity index (χ0) is 14.5. The Hall–Kier alpha value is 0.0700. The first-order chi connectivity index (χ1) is 7.00. The molecule has 0 heterocycles. The van der Waals surface area contributed by atoms with Gasteiger partial charge in [-0.3, -0.25) is 0 Å². The molecular formula is C5BrClF10. The van der Waals surface area contributed by atoms with Crippen LogP contribution >= 0.6 is 27.5 Å². The van der Waals surface area contributed by atoms with E-state index >= 15 is 0 Å². The molecule has 0 nitrogen and oxygen atoms in total. The molecule has 1 unspecified atom stereocenters. The van der Waals surface area contributed by atoms with Gasteiger partial charge < -0.3 is 0 Å². The molecule has 0 rings (SSSR count). The molecule has 104 valence electrons. The lowest BCUT2D eigenvalue weighted by Crippen LogP contribution is -2.64. The van der Waals surface area contributed by atoms with Gasteiger partial charge in [-0.05, 0) is 15.9 Å². The highest BCUT2D eigenvalue weighted by atomic mass is 79.9. The lowest BCUT2D eigenvalue weighted by atomic mass is 10.1. The van der Waals surface area contributed by atoms with Crippen molar-refractivity contribution in [3.63, 3.8) is 0 Å². The average molecular weight is 365 g/mol. The number of rotatable bonds is 3. The third-order valence-electron chi connectivity index (χ3n) is 1.50. The van der Waals surface area contributed by atoms with Crippen molar-refractivity contribution in [2.45, 2.75) is 28.0 Å². The van der Waals surface area contributed by atoms with E-state index in [4.69, 9.17) is 0 Å². The Morgan fingerprint density at radius 1 is 0.647 bits per heavy atom. The largest absolute Gasteiger partial charge is 0.460 e. The fourth-order valence-electron chi connectivity index (χ4n) is 0.553.